The van der Waals surface area contributed by atoms with Gasteiger partial charge in [-0.1, -0.05) is 0 Å². The number of amides is 3. The molecule has 1 atom stereocenters. The van der Waals surface area contributed by atoms with E-state index in [9.17, 15) is 32.7 Å². The smallest absolute Gasteiger partial charge is 0.420 e. The van der Waals surface area contributed by atoms with Gasteiger partial charge in [-0.05, 0) is 43.2 Å². The Morgan fingerprint density at radius 3 is 2.59 bits per heavy atom. The fraction of sp³-hybridized carbons (Fsp3) is 0.364. The molecule has 1 aromatic heterocycles. The third kappa shape index (κ3) is 5.21. The van der Waals surface area contributed by atoms with Gasteiger partial charge in [0.15, 0.2) is 0 Å². The van der Waals surface area contributed by atoms with Crippen LogP contribution in [0.15, 0.2) is 36.5 Å². The van der Waals surface area contributed by atoms with E-state index in [4.69, 9.17) is 4.74 Å². The van der Waals surface area contributed by atoms with Gasteiger partial charge in [0, 0.05) is 13.0 Å². The molecule has 0 bridgehead atoms. The minimum Gasteiger partial charge on any atom is -0.508 e. The topological polar surface area (TPSA) is 130 Å². The molecule has 12 heteroatoms. The molecule has 4 N–H and O–H groups in total. The molecule has 1 saturated carbocycles. The molecule has 2 aliphatic rings. The molecule has 2 heterocycles. The zero-order valence-corrected chi connectivity index (χ0v) is 17.7. The van der Waals surface area contributed by atoms with E-state index in [1.165, 1.54) is 18.3 Å². The van der Waals surface area contributed by atoms with Gasteiger partial charge in [-0.25, -0.2) is 0 Å². The molecule has 1 aliphatic heterocycles. The number of hydrogen-bond donors (Lipinski definition) is 4. The van der Waals surface area contributed by atoms with Crippen LogP contribution in [0, 0.1) is 5.92 Å². The highest BCUT2D eigenvalue weighted by Gasteiger charge is 2.52. The first-order chi connectivity index (χ1) is 16.1. The molecule has 1 aliphatic carbocycles. The summed E-state index contributed by atoms with van der Waals surface area (Å²) in [5.41, 5.74) is -1.70. The first-order valence-electron chi connectivity index (χ1n) is 10.5. The first kappa shape index (κ1) is 23.3. The molecule has 1 aromatic carbocycles. The Labute approximate surface area is 191 Å². The quantitative estimate of drug-likeness (QED) is 0.482. The van der Waals surface area contributed by atoms with E-state index < -0.39 is 34.7 Å². The van der Waals surface area contributed by atoms with Crippen LogP contribution in [0.1, 0.15) is 30.5 Å². The molecular weight excluding hydrogens is 457 g/mol. The lowest BCUT2D eigenvalue weighted by Crippen LogP contribution is -2.50. The molecule has 180 valence electrons. The van der Waals surface area contributed by atoms with Gasteiger partial charge in [0.1, 0.15) is 28.4 Å². The van der Waals surface area contributed by atoms with Gasteiger partial charge >= 0.3 is 6.18 Å². The maximum absolute atomic E-state index is 13.2. The minimum atomic E-state index is -4.72. The van der Waals surface area contributed by atoms with Gasteiger partial charge in [0.25, 0.3) is 0 Å². The van der Waals surface area contributed by atoms with Crippen LogP contribution < -0.4 is 20.7 Å². The number of aromatic hydroxyl groups is 1. The lowest BCUT2D eigenvalue weighted by atomic mass is 10.1. The van der Waals surface area contributed by atoms with E-state index in [0.717, 1.165) is 12.1 Å². The molecule has 2 fully saturated rings. The third-order valence-corrected chi connectivity index (χ3v) is 5.62. The normalized spacial score (nSPS) is 18.7. The number of halogens is 3. The van der Waals surface area contributed by atoms with Gasteiger partial charge in [0.2, 0.25) is 17.7 Å². The van der Waals surface area contributed by atoms with Crippen molar-refractivity contribution in [1.29, 1.82) is 0 Å². The maximum atomic E-state index is 13.2. The van der Waals surface area contributed by atoms with Crippen molar-refractivity contribution in [2.75, 3.05) is 6.54 Å². The van der Waals surface area contributed by atoms with E-state index in [2.05, 4.69) is 20.9 Å². The SMILES string of the molecule is O=C1CC(C(=O)NC2(C(=O)NCc3ccc(Oc4ccc(O)cc4C(F)(F)F)cn3)CC2)CN1. The summed E-state index contributed by atoms with van der Waals surface area (Å²) in [6, 6.07) is 5.54. The minimum absolute atomic E-state index is 0.0349. The van der Waals surface area contributed by atoms with Crippen LogP contribution in [-0.2, 0) is 27.1 Å². The van der Waals surface area contributed by atoms with Gasteiger partial charge in [-0.3, -0.25) is 19.4 Å². The monoisotopic (exact) mass is 478 g/mol. The summed E-state index contributed by atoms with van der Waals surface area (Å²) < 4.78 is 44.8. The molecule has 3 amide bonds. The number of nitrogens with one attached hydrogen (secondary N) is 3. The number of aromatic nitrogens is 1. The molecule has 9 nitrogen and oxygen atoms in total. The highest BCUT2D eigenvalue weighted by molar-refractivity contribution is 5.96. The largest absolute Gasteiger partial charge is 0.508 e. The van der Waals surface area contributed by atoms with Gasteiger partial charge in [-0.2, -0.15) is 13.2 Å². The Kier molecular flexibility index (Phi) is 6.07. The number of benzene rings is 1. The molecule has 0 spiro atoms. The van der Waals surface area contributed by atoms with Crippen molar-refractivity contribution >= 4 is 17.7 Å². The van der Waals surface area contributed by atoms with E-state index in [1.807, 2.05) is 0 Å². The van der Waals surface area contributed by atoms with Crippen LogP contribution in [0.2, 0.25) is 0 Å². The number of phenolic OH excluding ortho intramolecular Hbond substituents is 1. The second kappa shape index (κ2) is 8.84. The van der Waals surface area contributed by atoms with Crippen molar-refractivity contribution in [1.82, 2.24) is 20.9 Å². The Bertz CT molecular complexity index is 1120. The van der Waals surface area contributed by atoms with Crippen molar-refractivity contribution in [2.24, 2.45) is 5.92 Å². The van der Waals surface area contributed by atoms with Crippen LogP contribution in [0.5, 0.6) is 17.2 Å². The summed E-state index contributed by atoms with van der Waals surface area (Å²) in [5, 5.41) is 17.3. The molecule has 0 radical (unpaired) electrons. The molecule has 2 aromatic rings. The standard InChI is InChI=1S/C22H21F3N4O5/c23-22(24,25)16-8-14(30)2-4-17(16)34-15-3-1-13(26-11-15)10-28-20(33)21(5-6-21)29-19(32)12-7-18(31)27-9-12/h1-4,8,11-12,30H,5-7,9-10H2,(H,27,31)(H,28,33)(H,29,32). The second-order valence-electron chi connectivity index (χ2n) is 8.22. The highest BCUT2D eigenvalue weighted by atomic mass is 19.4. The first-order valence-corrected chi connectivity index (χ1v) is 10.5. The van der Waals surface area contributed by atoms with Crippen LogP contribution in [0.3, 0.4) is 0 Å². The van der Waals surface area contributed by atoms with Crippen molar-refractivity contribution < 1.29 is 37.4 Å². The fourth-order valence-corrected chi connectivity index (χ4v) is 3.53. The van der Waals surface area contributed by atoms with Crippen LogP contribution in [0.25, 0.3) is 0 Å². The van der Waals surface area contributed by atoms with E-state index in [-0.39, 0.29) is 43.0 Å². The number of ether oxygens (including phenoxy) is 1. The zero-order chi connectivity index (χ0) is 24.5. The Hall–Kier alpha value is -3.83. The second-order valence-corrected chi connectivity index (χ2v) is 8.22. The van der Waals surface area contributed by atoms with Crippen molar-refractivity contribution in [3.63, 3.8) is 0 Å². The maximum Gasteiger partial charge on any atom is 0.420 e. The Morgan fingerprint density at radius 1 is 1.24 bits per heavy atom. The third-order valence-electron chi connectivity index (χ3n) is 5.62. The predicted octanol–water partition coefficient (Wildman–Crippen LogP) is 2.00. The Balaban J connectivity index is 1.33. The van der Waals surface area contributed by atoms with Gasteiger partial charge in [-0.15, -0.1) is 0 Å². The van der Waals surface area contributed by atoms with Crippen molar-refractivity contribution in [3.05, 3.63) is 47.8 Å². The number of carbonyl (C=O) groups is 3. The molecule has 1 unspecified atom stereocenters. The molecule has 34 heavy (non-hydrogen) atoms. The summed E-state index contributed by atoms with van der Waals surface area (Å²) in [5.74, 6) is -2.42. The Morgan fingerprint density at radius 2 is 2.00 bits per heavy atom. The molecule has 1 saturated heterocycles. The van der Waals surface area contributed by atoms with Crippen LogP contribution in [0.4, 0.5) is 13.2 Å². The summed E-state index contributed by atoms with van der Waals surface area (Å²) in [6.45, 7) is 0.280. The number of nitrogens with zero attached hydrogens (tertiary/aromatic N) is 1. The summed E-state index contributed by atoms with van der Waals surface area (Å²) in [6.07, 6.45) is -2.45. The fourth-order valence-electron chi connectivity index (χ4n) is 3.53. The predicted molar refractivity (Wildman–Crippen MR) is 110 cm³/mol. The number of carbonyl (C=O) groups excluding carboxylic acids is 3. The number of alkyl halides is 3. The van der Waals surface area contributed by atoms with Crippen molar-refractivity contribution in [3.8, 4) is 17.2 Å². The number of rotatable bonds is 7. The molecular formula is C22H21F3N4O5. The van der Waals surface area contributed by atoms with Crippen molar-refractivity contribution in [2.45, 2.75) is 37.5 Å². The van der Waals surface area contributed by atoms with Gasteiger partial charge in [0.05, 0.1) is 24.4 Å². The summed E-state index contributed by atoms with van der Waals surface area (Å²) in [7, 11) is 0. The molecule has 4 rings (SSSR count). The average Bonchev–Trinajstić information content (AvgIpc) is 3.44. The van der Waals surface area contributed by atoms with Crippen LogP contribution in [-0.4, -0.2) is 39.9 Å². The summed E-state index contributed by atoms with van der Waals surface area (Å²) >= 11 is 0. The van der Waals surface area contributed by atoms with Crippen LogP contribution >= 0.6 is 0 Å². The van der Waals surface area contributed by atoms with E-state index in [1.54, 1.807) is 0 Å². The number of phenols is 1. The van der Waals surface area contributed by atoms with Gasteiger partial charge < -0.3 is 25.8 Å². The lowest BCUT2D eigenvalue weighted by Gasteiger charge is -2.19. The summed E-state index contributed by atoms with van der Waals surface area (Å²) in [4.78, 5) is 40.3. The number of hydrogen-bond acceptors (Lipinski definition) is 6. The number of pyridine rings is 1. The lowest BCUT2D eigenvalue weighted by molar-refractivity contribution is -0.138. The van der Waals surface area contributed by atoms with E-state index in [0.29, 0.717) is 24.6 Å². The highest BCUT2D eigenvalue weighted by Crippen LogP contribution is 2.40. The van der Waals surface area contributed by atoms with E-state index >= 15 is 0 Å². The zero-order valence-electron chi connectivity index (χ0n) is 17.7. The average molecular weight is 478 g/mol.